The minimum atomic E-state index is 0.106. The zero-order chi connectivity index (χ0) is 20.2. The van der Waals surface area contributed by atoms with Crippen LogP contribution in [0.4, 0.5) is 0 Å². The number of amides is 1. The molecule has 7 heteroatoms. The Hall–Kier alpha value is -1.96. The number of aromatic nitrogens is 2. The van der Waals surface area contributed by atoms with Gasteiger partial charge in [-0.15, -0.1) is 0 Å². The van der Waals surface area contributed by atoms with Crippen LogP contribution >= 0.6 is 31.9 Å². The van der Waals surface area contributed by atoms with Crippen LogP contribution in [0, 0.1) is 0 Å². The van der Waals surface area contributed by atoms with Crippen LogP contribution in [0.3, 0.4) is 0 Å². The summed E-state index contributed by atoms with van der Waals surface area (Å²) in [4.78, 5) is 17.4. The molecule has 3 aromatic rings. The number of nitrogens with zero attached hydrogens (tertiary/aromatic N) is 4. The van der Waals surface area contributed by atoms with E-state index in [1.165, 1.54) is 5.56 Å². The predicted molar refractivity (Wildman–Crippen MR) is 121 cm³/mol. The van der Waals surface area contributed by atoms with Crippen LogP contribution in [0.1, 0.15) is 21.5 Å². The minimum absolute atomic E-state index is 0.106. The number of piperazine rings is 1. The second-order valence-electron chi connectivity index (χ2n) is 7.22. The Balaban J connectivity index is 1.36. The lowest BCUT2D eigenvalue weighted by atomic mass is 10.1. The number of hydrogen-bond acceptors (Lipinski definition) is 3. The van der Waals surface area contributed by atoms with Gasteiger partial charge in [0, 0.05) is 49.0 Å². The third-order valence-electron chi connectivity index (χ3n) is 5.13. The molecule has 0 bridgehead atoms. The fourth-order valence-electron chi connectivity index (χ4n) is 3.57. The van der Waals surface area contributed by atoms with Crippen molar-refractivity contribution in [1.82, 2.24) is 19.6 Å². The maximum atomic E-state index is 13.0. The Morgan fingerprint density at radius 2 is 1.76 bits per heavy atom. The summed E-state index contributed by atoms with van der Waals surface area (Å²) < 4.78 is 3.94. The molecule has 1 aromatic heterocycles. The average Bonchev–Trinajstić information content (AvgIpc) is 3.14. The molecule has 0 saturated carbocycles. The van der Waals surface area contributed by atoms with E-state index in [-0.39, 0.29) is 5.91 Å². The molecule has 0 radical (unpaired) electrons. The summed E-state index contributed by atoms with van der Waals surface area (Å²) in [6.07, 6.45) is 3.70. The predicted octanol–water partition coefficient (Wildman–Crippen LogP) is 4.41. The van der Waals surface area contributed by atoms with Crippen molar-refractivity contribution in [3.05, 3.63) is 86.6 Å². The second kappa shape index (κ2) is 9.24. The molecule has 0 unspecified atom stereocenters. The van der Waals surface area contributed by atoms with E-state index in [9.17, 15) is 4.79 Å². The first-order valence-corrected chi connectivity index (χ1v) is 11.2. The molecular formula is C22H22Br2N4O. The van der Waals surface area contributed by atoms with Gasteiger partial charge in [-0.05, 0) is 45.3 Å². The fourth-order valence-corrected chi connectivity index (χ4v) is 4.31. The maximum absolute atomic E-state index is 13.0. The molecular weight excluding hydrogens is 496 g/mol. The Kier molecular flexibility index (Phi) is 6.47. The highest BCUT2D eigenvalue weighted by atomic mass is 79.9. The van der Waals surface area contributed by atoms with Gasteiger partial charge in [0.1, 0.15) is 0 Å². The largest absolute Gasteiger partial charge is 0.336 e. The zero-order valence-corrected chi connectivity index (χ0v) is 19.1. The van der Waals surface area contributed by atoms with Gasteiger partial charge < -0.3 is 4.90 Å². The van der Waals surface area contributed by atoms with Gasteiger partial charge in [-0.25, -0.2) is 0 Å². The smallest absolute Gasteiger partial charge is 0.253 e. The minimum Gasteiger partial charge on any atom is -0.336 e. The molecule has 5 nitrogen and oxygen atoms in total. The second-order valence-corrected chi connectivity index (χ2v) is 8.99. The quantitative estimate of drug-likeness (QED) is 0.503. The highest BCUT2D eigenvalue weighted by Gasteiger charge is 2.22. The molecule has 1 aliphatic heterocycles. The third-order valence-corrected chi connectivity index (χ3v) is 6.31. The maximum Gasteiger partial charge on any atom is 0.253 e. The normalized spacial score (nSPS) is 14.9. The topological polar surface area (TPSA) is 41.4 Å². The summed E-state index contributed by atoms with van der Waals surface area (Å²) in [5.41, 5.74) is 3.09. The van der Waals surface area contributed by atoms with Gasteiger partial charge in [-0.1, -0.05) is 46.3 Å². The highest BCUT2D eigenvalue weighted by molar-refractivity contribution is 9.10. The van der Waals surface area contributed by atoms with Crippen molar-refractivity contribution in [2.45, 2.75) is 13.1 Å². The zero-order valence-electron chi connectivity index (χ0n) is 16.0. The summed E-state index contributed by atoms with van der Waals surface area (Å²) >= 11 is 7.03. The lowest BCUT2D eigenvalue weighted by molar-refractivity contribution is 0.0628. The van der Waals surface area contributed by atoms with Crippen molar-refractivity contribution >= 4 is 37.8 Å². The van der Waals surface area contributed by atoms with Crippen molar-refractivity contribution in [3.8, 4) is 0 Å². The third kappa shape index (κ3) is 5.15. The Labute approximate surface area is 187 Å². The molecule has 1 aliphatic rings. The molecule has 2 heterocycles. The molecule has 4 rings (SSSR count). The highest BCUT2D eigenvalue weighted by Crippen LogP contribution is 2.19. The summed E-state index contributed by atoms with van der Waals surface area (Å²) in [5, 5.41) is 4.29. The number of rotatable bonds is 5. The first-order chi connectivity index (χ1) is 14.1. The van der Waals surface area contributed by atoms with Gasteiger partial charge in [-0.2, -0.15) is 5.10 Å². The monoisotopic (exact) mass is 516 g/mol. The molecule has 0 aliphatic carbocycles. The van der Waals surface area contributed by atoms with Gasteiger partial charge in [-0.3, -0.25) is 14.4 Å². The van der Waals surface area contributed by atoms with Crippen LogP contribution in [0.2, 0.25) is 0 Å². The summed E-state index contributed by atoms with van der Waals surface area (Å²) in [6.45, 7) is 4.81. The number of carbonyl (C=O) groups excluding carboxylic acids is 1. The Morgan fingerprint density at radius 1 is 0.966 bits per heavy atom. The SMILES string of the molecule is O=C(c1cccc(Cn2cc(Br)cn2)c1)N1CCN(Cc2ccccc2Br)CC1. The van der Waals surface area contributed by atoms with Gasteiger partial charge in [0.25, 0.3) is 5.91 Å². The van der Waals surface area contributed by atoms with Crippen molar-refractivity contribution in [2.75, 3.05) is 26.2 Å². The van der Waals surface area contributed by atoms with Crippen LogP contribution in [0.15, 0.2) is 69.9 Å². The number of carbonyl (C=O) groups is 1. The molecule has 0 atom stereocenters. The molecule has 1 amide bonds. The summed E-state index contributed by atoms with van der Waals surface area (Å²) in [6, 6.07) is 16.2. The van der Waals surface area contributed by atoms with Crippen molar-refractivity contribution < 1.29 is 4.79 Å². The van der Waals surface area contributed by atoms with Crippen LogP contribution in [-0.2, 0) is 13.1 Å². The standard InChI is InChI=1S/C22H22Br2N4O/c23-20-13-25-28(16-20)14-17-4-3-6-18(12-17)22(29)27-10-8-26(9-11-27)15-19-5-1-2-7-21(19)24/h1-7,12-13,16H,8-11,14-15H2. The molecule has 0 N–H and O–H groups in total. The van der Waals surface area contributed by atoms with E-state index in [2.05, 4.69) is 60.1 Å². The molecule has 2 aromatic carbocycles. The fraction of sp³-hybridized carbons (Fsp3) is 0.273. The van der Waals surface area contributed by atoms with E-state index in [4.69, 9.17) is 0 Å². The summed E-state index contributed by atoms with van der Waals surface area (Å²) in [5.74, 6) is 0.106. The van der Waals surface area contributed by atoms with Gasteiger partial charge in [0.05, 0.1) is 17.2 Å². The number of benzene rings is 2. The van der Waals surface area contributed by atoms with E-state index in [1.54, 1.807) is 6.20 Å². The lowest BCUT2D eigenvalue weighted by Gasteiger charge is -2.35. The van der Waals surface area contributed by atoms with Crippen LogP contribution in [-0.4, -0.2) is 51.7 Å². The number of hydrogen-bond donors (Lipinski definition) is 0. The molecule has 0 spiro atoms. The lowest BCUT2D eigenvalue weighted by Crippen LogP contribution is -2.48. The van der Waals surface area contributed by atoms with Crippen LogP contribution in [0.5, 0.6) is 0 Å². The van der Waals surface area contributed by atoms with Gasteiger partial charge in [0.2, 0.25) is 0 Å². The van der Waals surface area contributed by atoms with E-state index in [0.717, 1.165) is 52.8 Å². The van der Waals surface area contributed by atoms with Crippen molar-refractivity contribution in [1.29, 1.82) is 0 Å². The van der Waals surface area contributed by atoms with E-state index < -0.39 is 0 Å². The van der Waals surface area contributed by atoms with Crippen molar-refractivity contribution in [3.63, 3.8) is 0 Å². The average molecular weight is 518 g/mol. The summed E-state index contributed by atoms with van der Waals surface area (Å²) in [7, 11) is 0. The molecule has 29 heavy (non-hydrogen) atoms. The molecule has 1 saturated heterocycles. The Bertz CT molecular complexity index is 996. The first kappa shape index (κ1) is 20.3. The van der Waals surface area contributed by atoms with E-state index >= 15 is 0 Å². The van der Waals surface area contributed by atoms with E-state index in [0.29, 0.717) is 6.54 Å². The van der Waals surface area contributed by atoms with Crippen LogP contribution in [0.25, 0.3) is 0 Å². The van der Waals surface area contributed by atoms with Crippen molar-refractivity contribution in [2.24, 2.45) is 0 Å². The van der Waals surface area contributed by atoms with Crippen LogP contribution < -0.4 is 0 Å². The van der Waals surface area contributed by atoms with E-state index in [1.807, 2.05) is 46.1 Å². The Morgan fingerprint density at radius 3 is 2.48 bits per heavy atom. The number of halogens is 2. The van der Waals surface area contributed by atoms with Gasteiger partial charge >= 0.3 is 0 Å². The molecule has 1 fully saturated rings. The molecule has 150 valence electrons. The van der Waals surface area contributed by atoms with Gasteiger partial charge in [0.15, 0.2) is 0 Å². The first-order valence-electron chi connectivity index (χ1n) is 9.60.